The second-order valence-electron chi connectivity index (χ2n) is 5.07. The average molecular weight is 335 g/mol. The number of nitrogens with one attached hydrogen (secondary N) is 1. The topological polar surface area (TPSA) is 49.4 Å². The number of thiophene rings is 1. The molecular formula is C16H15ClN2O2S. The van der Waals surface area contributed by atoms with Gasteiger partial charge in [0, 0.05) is 27.6 Å². The van der Waals surface area contributed by atoms with Gasteiger partial charge in [0.25, 0.3) is 0 Å². The number of benzene rings is 1. The smallest absolute Gasteiger partial charge is 0.244 e. The third-order valence-corrected chi connectivity index (χ3v) is 4.80. The third-order valence-electron chi connectivity index (χ3n) is 3.64. The fourth-order valence-electron chi connectivity index (χ4n) is 2.67. The van der Waals surface area contributed by atoms with E-state index in [1.807, 2.05) is 23.6 Å². The Morgan fingerprint density at radius 2 is 2.27 bits per heavy atom. The summed E-state index contributed by atoms with van der Waals surface area (Å²) in [5, 5.41) is 5.41. The first-order chi connectivity index (χ1) is 10.6. The van der Waals surface area contributed by atoms with Gasteiger partial charge in [-0.3, -0.25) is 9.59 Å². The number of rotatable bonds is 2. The van der Waals surface area contributed by atoms with Crippen LogP contribution in [0, 0.1) is 0 Å². The highest BCUT2D eigenvalue weighted by atomic mass is 35.5. The van der Waals surface area contributed by atoms with Crippen LogP contribution in [0.3, 0.4) is 0 Å². The molecule has 3 rings (SSSR count). The zero-order valence-corrected chi connectivity index (χ0v) is 13.6. The number of amides is 2. The Kier molecular flexibility index (Phi) is 4.18. The molecule has 2 heterocycles. The molecule has 1 aromatic heterocycles. The molecule has 1 aliphatic heterocycles. The second-order valence-corrected chi connectivity index (χ2v) is 6.49. The number of carbonyl (C=O) groups excluding carboxylic acids is 2. The van der Waals surface area contributed by atoms with Crippen LogP contribution < -0.4 is 5.32 Å². The number of hydrogen-bond acceptors (Lipinski definition) is 3. The fourth-order valence-corrected chi connectivity index (χ4v) is 3.70. The molecular weight excluding hydrogens is 320 g/mol. The maximum atomic E-state index is 12.4. The molecule has 0 saturated carbocycles. The van der Waals surface area contributed by atoms with Crippen LogP contribution in [-0.4, -0.2) is 23.3 Å². The van der Waals surface area contributed by atoms with E-state index in [1.165, 1.54) is 0 Å². The predicted molar refractivity (Wildman–Crippen MR) is 88.2 cm³/mol. The average Bonchev–Trinajstić information content (AvgIpc) is 2.97. The van der Waals surface area contributed by atoms with Crippen molar-refractivity contribution in [3.8, 4) is 0 Å². The van der Waals surface area contributed by atoms with Gasteiger partial charge in [0.2, 0.25) is 11.8 Å². The Balaban J connectivity index is 2.19. The lowest BCUT2D eigenvalue weighted by atomic mass is 10.0. The van der Waals surface area contributed by atoms with E-state index in [1.54, 1.807) is 35.3 Å². The molecule has 0 spiro atoms. The molecule has 0 radical (unpaired) electrons. The van der Waals surface area contributed by atoms with E-state index in [2.05, 4.69) is 5.32 Å². The van der Waals surface area contributed by atoms with Gasteiger partial charge in [-0.25, -0.2) is 0 Å². The van der Waals surface area contributed by atoms with Crippen LogP contribution in [0.4, 0.5) is 5.69 Å². The Labute approximate surface area is 137 Å². The largest absolute Gasteiger partial charge is 0.324 e. The summed E-state index contributed by atoms with van der Waals surface area (Å²) in [5.74, 6) is -0.245. The van der Waals surface area contributed by atoms with Gasteiger partial charge in [-0.1, -0.05) is 24.6 Å². The molecule has 2 amide bonds. The molecule has 0 aliphatic carbocycles. The first-order valence-electron chi connectivity index (χ1n) is 7.02. The molecule has 1 unspecified atom stereocenters. The predicted octanol–water partition coefficient (Wildman–Crippen LogP) is 3.68. The highest BCUT2D eigenvalue weighted by Gasteiger charge is 2.33. The molecule has 2 aromatic rings. The van der Waals surface area contributed by atoms with Gasteiger partial charge in [0.05, 0.1) is 6.04 Å². The summed E-state index contributed by atoms with van der Waals surface area (Å²) in [4.78, 5) is 27.2. The summed E-state index contributed by atoms with van der Waals surface area (Å²) in [6.45, 7) is 1.84. The van der Waals surface area contributed by atoms with Gasteiger partial charge in [-0.05, 0) is 29.6 Å². The summed E-state index contributed by atoms with van der Waals surface area (Å²) in [5.41, 5.74) is 1.56. The number of nitrogens with zero attached hydrogens (tertiary/aromatic N) is 1. The van der Waals surface area contributed by atoms with Crippen molar-refractivity contribution in [2.75, 3.05) is 11.9 Å². The van der Waals surface area contributed by atoms with Gasteiger partial charge in [-0.15, -0.1) is 11.3 Å². The Bertz CT molecular complexity index is 715. The normalized spacial score (nSPS) is 17.6. The Hall–Kier alpha value is -1.85. The SMILES string of the molecule is CCC(=O)N1CC(=O)Nc2ccc(Cl)cc2C1c1cccs1. The third kappa shape index (κ3) is 2.74. The van der Waals surface area contributed by atoms with Crippen molar-refractivity contribution in [3.05, 3.63) is 51.2 Å². The highest BCUT2D eigenvalue weighted by molar-refractivity contribution is 7.10. The minimum absolute atomic E-state index is 0.0432. The maximum Gasteiger partial charge on any atom is 0.244 e. The van der Waals surface area contributed by atoms with Crippen LogP contribution in [-0.2, 0) is 9.59 Å². The minimum atomic E-state index is -0.292. The summed E-state index contributed by atoms with van der Waals surface area (Å²) in [7, 11) is 0. The van der Waals surface area contributed by atoms with Crippen molar-refractivity contribution in [1.82, 2.24) is 4.90 Å². The van der Waals surface area contributed by atoms with E-state index in [4.69, 9.17) is 11.6 Å². The molecule has 22 heavy (non-hydrogen) atoms. The monoisotopic (exact) mass is 334 g/mol. The van der Waals surface area contributed by atoms with Crippen LogP contribution in [0.5, 0.6) is 0 Å². The zero-order valence-electron chi connectivity index (χ0n) is 12.0. The van der Waals surface area contributed by atoms with Crippen LogP contribution >= 0.6 is 22.9 Å². The van der Waals surface area contributed by atoms with E-state index in [0.717, 1.165) is 10.4 Å². The van der Waals surface area contributed by atoms with Gasteiger partial charge >= 0.3 is 0 Å². The Morgan fingerprint density at radius 1 is 1.45 bits per heavy atom. The van der Waals surface area contributed by atoms with Crippen LogP contribution in [0.1, 0.15) is 29.8 Å². The van der Waals surface area contributed by atoms with Crippen molar-refractivity contribution in [2.24, 2.45) is 0 Å². The molecule has 1 aromatic carbocycles. The molecule has 114 valence electrons. The molecule has 4 nitrogen and oxygen atoms in total. The molecule has 6 heteroatoms. The van der Waals surface area contributed by atoms with E-state index in [0.29, 0.717) is 17.1 Å². The summed E-state index contributed by atoms with van der Waals surface area (Å²) < 4.78 is 0. The lowest BCUT2D eigenvalue weighted by Gasteiger charge is -2.29. The van der Waals surface area contributed by atoms with Crippen LogP contribution in [0.2, 0.25) is 5.02 Å². The van der Waals surface area contributed by atoms with Gasteiger partial charge in [-0.2, -0.15) is 0 Å². The minimum Gasteiger partial charge on any atom is -0.324 e. The molecule has 0 bridgehead atoms. The number of halogens is 1. The van der Waals surface area contributed by atoms with Crippen LogP contribution in [0.25, 0.3) is 0 Å². The molecule has 0 saturated heterocycles. The first kappa shape index (κ1) is 15.1. The van der Waals surface area contributed by atoms with Gasteiger partial charge in [0.15, 0.2) is 0 Å². The van der Waals surface area contributed by atoms with E-state index in [-0.39, 0.29) is 24.4 Å². The second kappa shape index (κ2) is 6.10. The molecule has 1 N–H and O–H groups in total. The Morgan fingerprint density at radius 3 is 2.95 bits per heavy atom. The molecule has 1 aliphatic rings. The van der Waals surface area contributed by atoms with Gasteiger partial charge in [0.1, 0.15) is 6.54 Å². The lowest BCUT2D eigenvalue weighted by Crippen LogP contribution is -2.38. The maximum absolute atomic E-state index is 12.4. The van der Waals surface area contributed by atoms with Crippen molar-refractivity contribution < 1.29 is 9.59 Å². The van der Waals surface area contributed by atoms with Crippen molar-refractivity contribution in [3.63, 3.8) is 0 Å². The lowest BCUT2D eigenvalue weighted by molar-refractivity contribution is -0.135. The van der Waals surface area contributed by atoms with Crippen LogP contribution in [0.15, 0.2) is 35.7 Å². The van der Waals surface area contributed by atoms with Crippen molar-refractivity contribution in [2.45, 2.75) is 19.4 Å². The van der Waals surface area contributed by atoms with Crippen molar-refractivity contribution >= 4 is 40.4 Å². The molecule has 0 fully saturated rings. The number of fused-ring (bicyclic) bond motifs is 1. The van der Waals surface area contributed by atoms with E-state index < -0.39 is 0 Å². The van der Waals surface area contributed by atoms with E-state index in [9.17, 15) is 9.59 Å². The quantitative estimate of drug-likeness (QED) is 0.910. The zero-order chi connectivity index (χ0) is 15.7. The number of carbonyl (C=O) groups is 2. The van der Waals surface area contributed by atoms with E-state index >= 15 is 0 Å². The summed E-state index contributed by atoms with van der Waals surface area (Å²) >= 11 is 7.71. The fraction of sp³-hybridized carbons (Fsp3) is 0.250. The standard InChI is InChI=1S/C16H15ClN2O2S/c1-2-15(21)19-9-14(20)18-12-6-5-10(17)8-11(12)16(19)13-4-3-7-22-13/h3-8,16H,2,9H2,1H3,(H,18,20). The van der Waals surface area contributed by atoms with Gasteiger partial charge < -0.3 is 10.2 Å². The summed E-state index contributed by atoms with van der Waals surface area (Å²) in [6, 6.07) is 8.98. The van der Waals surface area contributed by atoms with Crippen molar-refractivity contribution in [1.29, 1.82) is 0 Å². The highest BCUT2D eigenvalue weighted by Crippen LogP contribution is 2.39. The summed E-state index contributed by atoms with van der Waals surface area (Å²) in [6.07, 6.45) is 0.352. The number of hydrogen-bond donors (Lipinski definition) is 1. The first-order valence-corrected chi connectivity index (χ1v) is 8.28. The molecule has 1 atom stereocenters. The number of anilines is 1.